The Bertz CT molecular complexity index is 1020. The van der Waals surface area contributed by atoms with Crippen molar-refractivity contribution in [1.82, 2.24) is 0 Å². The van der Waals surface area contributed by atoms with Gasteiger partial charge in [0.15, 0.2) is 6.10 Å². The number of allylic oxidation sites excluding steroid dienone is 6. The lowest BCUT2D eigenvalue weighted by atomic mass is 10.1. The van der Waals surface area contributed by atoms with E-state index in [0.717, 1.165) is 83.5 Å². The first-order valence-corrected chi connectivity index (χ1v) is 26.0. The van der Waals surface area contributed by atoms with Gasteiger partial charge in [0.2, 0.25) is 0 Å². The summed E-state index contributed by atoms with van der Waals surface area (Å²) in [6.45, 7) is 6.58. The van der Waals surface area contributed by atoms with Gasteiger partial charge in [0.05, 0.1) is 0 Å². The summed E-state index contributed by atoms with van der Waals surface area (Å²) in [4.78, 5) is 37.9. The molecule has 0 amide bonds. The summed E-state index contributed by atoms with van der Waals surface area (Å²) in [5.74, 6) is -0.890. The van der Waals surface area contributed by atoms with Gasteiger partial charge in [0.25, 0.3) is 0 Å². The largest absolute Gasteiger partial charge is 0.462 e. The molecule has 0 aromatic heterocycles. The average Bonchev–Trinajstić information content (AvgIpc) is 3.24. The molecule has 0 spiro atoms. The monoisotopic (exact) mass is 843 g/mol. The summed E-state index contributed by atoms with van der Waals surface area (Å²) in [7, 11) is 0. The van der Waals surface area contributed by atoms with Gasteiger partial charge in [-0.25, -0.2) is 0 Å². The van der Waals surface area contributed by atoms with E-state index < -0.39 is 6.10 Å². The van der Waals surface area contributed by atoms with Crippen LogP contribution in [0.15, 0.2) is 36.5 Å². The van der Waals surface area contributed by atoms with Gasteiger partial charge in [-0.05, 0) is 70.6 Å². The van der Waals surface area contributed by atoms with Crippen molar-refractivity contribution in [2.45, 2.75) is 277 Å². The number of hydrogen-bond donors (Lipinski definition) is 0. The van der Waals surface area contributed by atoms with E-state index >= 15 is 0 Å². The highest BCUT2D eigenvalue weighted by Gasteiger charge is 2.19. The van der Waals surface area contributed by atoms with Crippen molar-refractivity contribution >= 4 is 17.9 Å². The minimum absolute atomic E-state index is 0.0770. The Morgan fingerprint density at radius 3 is 0.983 bits per heavy atom. The molecule has 0 fully saturated rings. The van der Waals surface area contributed by atoms with Crippen molar-refractivity contribution in [3.8, 4) is 0 Å². The first-order chi connectivity index (χ1) is 29.5. The van der Waals surface area contributed by atoms with E-state index in [2.05, 4.69) is 57.2 Å². The van der Waals surface area contributed by atoms with E-state index in [1.54, 1.807) is 0 Å². The maximum Gasteiger partial charge on any atom is 0.306 e. The Morgan fingerprint density at radius 1 is 0.333 bits per heavy atom. The SMILES string of the molecule is CCCC/C=C\C/C=C\CCCCCCCC(=O)O[C@@H](COC(=O)CCCCCCCCC/C=C\CCCCCCCCCC)COC(=O)CCCCCCCCCCC. The quantitative estimate of drug-likeness (QED) is 0.0263. The van der Waals surface area contributed by atoms with Gasteiger partial charge in [0.1, 0.15) is 13.2 Å². The van der Waals surface area contributed by atoms with Crippen LogP contribution in [0.5, 0.6) is 0 Å². The molecule has 0 unspecified atom stereocenters. The summed E-state index contributed by atoms with van der Waals surface area (Å²) in [5.41, 5.74) is 0. The fourth-order valence-corrected chi connectivity index (χ4v) is 7.39. The third-order valence-corrected chi connectivity index (χ3v) is 11.4. The lowest BCUT2D eigenvalue weighted by Gasteiger charge is -2.18. The van der Waals surface area contributed by atoms with Crippen LogP contribution in [0.1, 0.15) is 271 Å². The summed E-state index contributed by atoms with van der Waals surface area (Å²) < 4.78 is 16.8. The highest BCUT2D eigenvalue weighted by atomic mass is 16.6. The van der Waals surface area contributed by atoms with Gasteiger partial charge in [-0.2, -0.15) is 0 Å². The zero-order valence-corrected chi connectivity index (χ0v) is 40.0. The van der Waals surface area contributed by atoms with E-state index in [9.17, 15) is 14.4 Å². The van der Waals surface area contributed by atoms with Crippen molar-refractivity contribution in [3.63, 3.8) is 0 Å². The van der Waals surface area contributed by atoms with Crippen LogP contribution in [0.3, 0.4) is 0 Å². The molecule has 60 heavy (non-hydrogen) atoms. The van der Waals surface area contributed by atoms with Crippen molar-refractivity contribution in [1.29, 1.82) is 0 Å². The molecule has 6 heteroatoms. The topological polar surface area (TPSA) is 78.9 Å². The number of unbranched alkanes of at least 4 members (excludes halogenated alkanes) is 30. The highest BCUT2D eigenvalue weighted by molar-refractivity contribution is 5.71. The maximum absolute atomic E-state index is 12.8. The van der Waals surface area contributed by atoms with Crippen molar-refractivity contribution in [3.05, 3.63) is 36.5 Å². The number of rotatable bonds is 47. The van der Waals surface area contributed by atoms with E-state index in [1.807, 2.05) is 0 Å². The summed E-state index contributed by atoms with van der Waals surface area (Å²) in [6, 6.07) is 0. The summed E-state index contributed by atoms with van der Waals surface area (Å²) in [6.07, 6.45) is 57.0. The number of ether oxygens (including phenoxy) is 3. The van der Waals surface area contributed by atoms with Crippen LogP contribution in [0.2, 0.25) is 0 Å². The molecule has 1 atom stereocenters. The molecular formula is C54H98O6. The minimum atomic E-state index is -0.776. The number of carbonyl (C=O) groups excluding carboxylic acids is 3. The van der Waals surface area contributed by atoms with Gasteiger partial charge in [-0.1, -0.05) is 218 Å². The van der Waals surface area contributed by atoms with Crippen LogP contribution in [-0.2, 0) is 28.6 Å². The van der Waals surface area contributed by atoms with Crippen molar-refractivity contribution in [2.24, 2.45) is 0 Å². The fourth-order valence-electron chi connectivity index (χ4n) is 7.39. The molecular weight excluding hydrogens is 745 g/mol. The summed E-state index contributed by atoms with van der Waals surface area (Å²) in [5, 5.41) is 0. The molecule has 0 N–H and O–H groups in total. The Balaban J connectivity index is 4.30. The van der Waals surface area contributed by atoms with E-state index in [4.69, 9.17) is 14.2 Å². The van der Waals surface area contributed by atoms with Crippen LogP contribution in [0.4, 0.5) is 0 Å². The number of esters is 3. The Kier molecular flexibility index (Phi) is 47.3. The molecule has 0 saturated heterocycles. The molecule has 6 nitrogen and oxygen atoms in total. The predicted octanol–water partition coefficient (Wildman–Crippen LogP) is 16.9. The lowest BCUT2D eigenvalue weighted by molar-refractivity contribution is -0.167. The van der Waals surface area contributed by atoms with Crippen LogP contribution in [-0.4, -0.2) is 37.2 Å². The smallest absolute Gasteiger partial charge is 0.306 e. The molecule has 0 aromatic carbocycles. The van der Waals surface area contributed by atoms with E-state index in [-0.39, 0.29) is 31.1 Å². The maximum atomic E-state index is 12.8. The molecule has 0 aliphatic rings. The molecule has 0 aliphatic heterocycles. The minimum Gasteiger partial charge on any atom is -0.462 e. The normalized spacial score (nSPS) is 12.2. The Labute approximate surface area is 372 Å². The Morgan fingerprint density at radius 2 is 0.617 bits per heavy atom. The second kappa shape index (κ2) is 49.3. The zero-order valence-electron chi connectivity index (χ0n) is 40.0. The second-order valence-electron chi connectivity index (χ2n) is 17.4. The summed E-state index contributed by atoms with van der Waals surface area (Å²) >= 11 is 0. The first-order valence-electron chi connectivity index (χ1n) is 26.0. The fraction of sp³-hybridized carbons (Fsp3) is 0.833. The average molecular weight is 843 g/mol. The van der Waals surface area contributed by atoms with Gasteiger partial charge in [0, 0.05) is 19.3 Å². The molecule has 0 heterocycles. The third-order valence-electron chi connectivity index (χ3n) is 11.4. The van der Waals surface area contributed by atoms with E-state index in [1.165, 1.54) is 148 Å². The molecule has 0 bridgehead atoms. The highest BCUT2D eigenvalue weighted by Crippen LogP contribution is 2.15. The van der Waals surface area contributed by atoms with Gasteiger partial charge in [-0.15, -0.1) is 0 Å². The van der Waals surface area contributed by atoms with Gasteiger partial charge < -0.3 is 14.2 Å². The van der Waals surface area contributed by atoms with Crippen LogP contribution < -0.4 is 0 Å². The Hall–Kier alpha value is -2.37. The third kappa shape index (κ3) is 46.7. The van der Waals surface area contributed by atoms with Crippen LogP contribution in [0, 0.1) is 0 Å². The number of carbonyl (C=O) groups is 3. The first kappa shape index (κ1) is 57.6. The van der Waals surface area contributed by atoms with Crippen LogP contribution in [0.25, 0.3) is 0 Å². The van der Waals surface area contributed by atoms with E-state index in [0.29, 0.717) is 19.3 Å². The molecule has 0 radical (unpaired) electrons. The zero-order chi connectivity index (χ0) is 43.7. The lowest BCUT2D eigenvalue weighted by Crippen LogP contribution is -2.30. The second-order valence-corrected chi connectivity index (χ2v) is 17.4. The van der Waals surface area contributed by atoms with Gasteiger partial charge in [-0.3, -0.25) is 14.4 Å². The molecule has 0 aromatic rings. The predicted molar refractivity (Wildman–Crippen MR) is 256 cm³/mol. The molecule has 0 rings (SSSR count). The van der Waals surface area contributed by atoms with Gasteiger partial charge >= 0.3 is 17.9 Å². The molecule has 0 saturated carbocycles. The molecule has 0 aliphatic carbocycles. The number of hydrogen-bond acceptors (Lipinski definition) is 6. The van der Waals surface area contributed by atoms with Crippen molar-refractivity contribution < 1.29 is 28.6 Å². The standard InChI is InChI=1S/C54H98O6/c1-4-7-10-13-16-19-21-23-25-26-27-28-29-31-32-35-38-41-44-47-53(56)59-50-51(49-58-52(55)46-43-40-37-34-18-15-12-9-6-3)60-54(57)48-45-42-39-36-33-30-24-22-20-17-14-11-8-5-2/h14,17,22,24,26-27,51H,4-13,15-16,18-21,23,25,28-50H2,1-3H3/b17-14-,24-22-,27-26-/t51-/m1/s1. The van der Waals surface area contributed by atoms with Crippen molar-refractivity contribution in [2.75, 3.05) is 13.2 Å². The molecule has 350 valence electrons. The van der Waals surface area contributed by atoms with Crippen LogP contribution >= 0.6 is 0 Å².